The average molecular weight is 871 g/mol. The quantitative estimate of drug-likeness (QED) is 0.167. The summed E-state index contributed by atoms with van der Waals surface area (Å²) in [5, 5.41) is 5.95. The third-order valence-corrected chi connectivity index (χ3v) is 14.3. The molecule has 0 aliphatic heterocycles. The largest absolute Gasteiger partial charge is 0.309 e. The van der Waals surface area contributed by atoms with Crippen molar-refractivity contribution in [2.45, 2.75) is 19.3 Å². The Hall–Kier alpha value is -8.87. The average Bonchev–Trinajstić information content (AvgIpc) is 4.09. The summed E-state index contributed by atoms with van der Waals surface area (Å²) in [5.74, 6) is 1.81. The molecule has 68 heavy (non-hydrogen) atoms. The Labute approximate surface area is 392 Å². The molecule has 0 saturated heterocycles. The molecule has 0 radical (unpaired) electrons. The van der Waals surface area contributed by atoms with Crippen LogP contribution in [0.2, 0.25) is 0 Å². The lowest BCUT2D eigenvalue weighted by molar-refractivity contribution is 0.666. The van der Waals surface area contributed by atoms with Gasteiger partial charge in [-0.15, -0.1) is 0 Å². The summed E-state index contributed by atoms with van der Waals surface area (Å²) in [6.45, 7) is 4.76. The molecule has 6 nitrogen and oxygen atoms in total. The van der Waals surface area contributed by atoms with Crippen LogP contribution in [0.1, 0.15) is 25.0 Å². The second-order valence-corrected chi connectivity index (χ2v) is 18.5. The molecule has 1 aliphatic rings. The molecule has 6 heteroatoms. The van der Waals surface area contributed by atoms with Crippen LogP contribution in [0.15, 0.2) is 218 Å². The maximum Gasteiger partial charge on any atom is 0.238 e. The summed E-state index contributed by atoms with van der Waals surface area (Å²) >= 11 is 0. The van der Waals surface area contributed by atoms with Crippen molar-refractivity contribution in [1.82, 2.24) is 28.7 Å². The van der Waals surface area contributed by atoms with E-state index in [1.165, 1.54) is 49.6 Å². The lowest BCUT2D eigenvalue weighted by atomic mass is 9.81. The third-order valence-electron chi connectivity index (χ3n) is 14.3. The minimum Gasteiger partial charge on any atom is -0.309 e. The summed E-state index contributed by atoms with van der Waals surface area (Å²) in [6, 6.07) is 78.2. The zero-order chi connectivity index (χ0) is 45.1. The van der Waals surface area contributed by atoms with Crippen LogP contribution in [0.5, 0.6) is 0 Å². The molecule has 1 aliphatic carbocycles. The molecule has 0 unspecified atom stereocenters. The van der Waals surface area contributed by atoms with E-state index in [4.69, 9.17) is 15.0 Å². The maximum absolute atomic E-state index is 5.34. The molecule has 13 aromatic rings. The third kappa shape index (κ3) is 5.61. The van der Waals surface area contributed by atoms with E-state index in [9.17, 15) is 0 Å². The van der Waals surface area contributed by atoms with Gasteiger partial charge in [-0.05, 0) is 89.0 Å². The monoisotopic (exact) mass is 870 g/mol. The number of aromatic nitrogens is 6. The van der Waals surface area contributed by atoms with E-state index in [2.05, 4.69) is 210 Å². The molecule has 4 heterocycles. The molecule has 9 aromatic carbocycles. The molecular formula is C62H42N6. The van der Waals surface area contributed by atoms with Crippen LogP contribution < -0.4 is 0 Å². The van der Waals surface area contributed by atoms with Crippen LogP contribution in [0, 0.1) is 0 Å². The molecule has 0 atom stereocenters. The lowest BCUT2D eigenvalue weighted by Gasteiger charge is -2.21. The lowest BCUT2D eigenvalue weighted by Crippen LogP contribution is -2.14. The van der Waals surface area contributed by atoms with Crippen LogP contribution in [-0.4, -0.2) is 28.7 Å². The van der Waals surface area contributed by atoms with Crippen molar-refractivity contribution in [2.75, 3.05) is 0 Å². The van der Waals surface area contributed by atoms with E-state index in [0.717, 1.165) is 61.0 Å². The number of nitrogens with zero attached hydrogens (tertiary/aromatic N) is 6. The Balaban J connectivity index is 1.08. The highest BCUT2D eigenvalue weighted by Gasteiger charge is 2.41. The number of hydrogen-bond acceptors (Lipinski definition) is 3. The van der Waals surface area contributed by atoms with Crippen molar-refractivity contribution in [1.29, 1.82) is 0 Å². The summed E-state index contributed by atoms with van der Waals surface area (Å²) < 4.78 is 7.11. The van der Waals surface area contributed by atoms with Gasteiger partial charge in [0, 0.05) is 60.4 Å². The molecule has 4 aromatic heterocycles. The van der Waals surface area contributed by atoms with Crippen LogP contribution >= 0.6 is 0 Å². The molecule has 0 spiro atoms. The summed E-state index contributed by atoms with van der Waals surface area (Å²) in [4.78, 5) is 15.8. The van der Waals surface area contributed by atoms with Gasteiger partial charge in [-0.2, -0.15) is 9.97 Å². The summed E-state index contributed by atoms with van der Waals surface area (Å²) in [5.41, 5.74) is 16.9. The Kier molecular flexibility index (Phi) is 8.23. The van der Waals surface area contributed by atoms with Crippen LogP contribution in [-0.2, 0) is 5.41 Å². The smallest absolute Gasteiger partial charge is 0.238 e. The number of benzene rings is 9. The molecule has 0 saturated carbocycles. The van der Waals surface area contributed by atoms with Gasteiger partial charge >= 0.3 is 0 Å². The van der Waals surface area contributed by atoms with Crippen molar-refractivity contribution < 1.29 is 0 Å². The number of hydrogen-bond donors (Lipinski definition) is 0. The fourth-order valence-electron chi connectivity index (χ4n) is 11.2. The zero-order valence-electron chi connectivity index (χ0n) is 37.5. The van der Waals surface area contributed by atoms with E-state index in [0.29, 0.717) is 17.6 Å². The van der Waals surface area contributed by atoms with Crippen molar-refractivity contribution in [3.63, 3.8) is 0 Å². The second-order valence-electron chi connectivity index (χ2n) is 18.5. The molecule has 320 valence electrons. The van der Waals surface area contributed by atoms with Gasteiger partial charge in [-0.1, -0.05) is 166 Å². The van der Waals surface area contributed by atoms with E-state index < -0.39 is 0 Å². The number of fused-ring (bicyclic) bond motifs is 11. The highest BCUT2D eigenvalue weighted by atomic mass is 15.2. The highest BCUT2D eigenvalue weighted by molar-refractivity contribution is 6.17. The van der Waals surface area contributed by atoms with Gasteiger partial charge in [0.25, 0.3) is 0 Å². The van der Waals surface area contributed by atoms with Crippen molar-refractivity contribution >= 4 is 54.5 Å². The maximum atomic E-state index is 5.34. The SMILES string of the molecule is CC1(C)c2ccccc2-c2c1c1cc3c4cc(-c5ccc6c(c5)c5ccccc5n6-c5ccccc5)ccc4n(-c4nc(-c5ccccc5)nc(-c5ccccc5)n4)c3cc1n2-c1ccccc1. The van der Waals surface area contributed by atoms with E-state index >= 15 is 0 Å². The van der Waals surface area contributed by atoms with Crippen molar-refractivity contribution in [2.24, 2.45) is 0 Å². The standard InChI is InChI=1S/C62H42N6/c1-62(2)51-29-17-15-28-46(51)58-57(62)50-37-49-48-36-42(41-31-33-53-47(35-41)45-27-16-18-30-52(45)66(53)43-23-11-5-12-24-43)32-34-54(48)68(55(49)38-56(50)67(58)44-25-13-6-14-26-44)61-64-59(39-19-7-3-8-20-39)63-60(65-61)40-21-9-4-10-22-40/h3-38H,1-2H3. The van der Waals surface area contributed by atoms with Crippen molar-refractivity contribution in [3.8, 4) is 62.5 Å². The van der Waals surface area contributed by atoms with Gasteiger partial charge in [0.15, 0.2) is 11.6 Å². The molecule has 0 bridgehead atoms. The van der Waals surface area contributed by atoms with Gasteiger partial charge in [0.05, 0.1) is 33.3 Å². The molecule has 0 fully saturated rings. The topological polar surface area (TPSA) is 53.5 Å². The zero-order valence-corrected chi connectivity index (χ0v) is 37.5. The van der Waals surface area contributed by atoms with E-state index in [1.54, 1.807) is 0 Å². The van der Waals surface area contributed by atoms with E-state index in [-0.39, 0.29) is 5.41 Å². The van der Waals surface area contributed by atoms with Gasteiger partial charge in [-0.25, -0.2) is 4.98 Å². The normalized spacial score (nSPS) is 13.0. The first-order valence-electron chi connectivity index (χ1n) is 23.3. The first-order valence-corrected chi connectivity index (χ1v) is 23.3. The fraction of sp³-hybridized carbons (Fsp3) is 0.0484. The van der Waals surface area contributed by atoms with Crippen LogP contribution in [0.25, 0.3) is 117 Å². The first-order chi connectivity index (χ1) is 33.5. The molecule has 14 rings (SSSR count). The second kappa shape index (κ2) is 14.6. The summed E-state index contributed by atoms with van der Waals surface area (Å²) in [6.07, 6.45) is 0. The Bertz CT molecular complexity index is 4090. The van der Waals surface area contributed by atoms with E-state index in [1.807, 2.05) is 36.4 Å². The predicted molar refractivity (Wildman–Crippen MR) is 279 cm³/mol. The fourth-order valence-corrected chi connectivity index (χ4v) is 11.2. The van der Waals surface area contributed by atoms with Gasteiger partial charge < -0.3 is 9.13 Å². The van der Waals surface area contributed by atoms with Crippen molar-refractivity contribution in [3.05, 3.63) is 230 Å². The van der Waals surface area contributed by atoms with Crippen LogP contribution in [0.4, 0.5) is 0 Å². The Morgan fingerprint density at radius 3 is 1.47 bits per heavy atom. The predicted octanol–water partition coefficient (Wildman–Crippen LogP) is 15.3. The minimum absolute atomic E-state index is 0.237. The molecule has 0 amide bonds. The number of rotatable bonds is 6. The number of para-hydroxylation sites is 3. The molecular weight excluding hydrogens is 829 g/mol. The highest BCUT2D eigenvalue weighted by Crippen LogP contribution is 2.54. The van der Waals surface area contributed by atoms with Gasteiger partial charge in [-0.3, -0.25) is 4.57 Å². The van der Waals surface area contributed by atoms with Gasteiger partial charge in [0.1, 0.15) is 0 Å². The first kappa shape index (κ1) is 38.4. The Morgan fingerprint density at radius 1 is 0.338 bits per heavy atom. The molecule has 0 N–H and O–H groups in total. The van der Waals surface area contributed by atoms with Gasteiger partial charge in [0.2, 0.25) is 5.95 Å². The van der Waals surface area contributed by atoms with Crippen LogP contribution in [0.3, 0.4) is 0 Å². The Morgan fingerprint density at radius 2 is 0.824 bits per heavy atom. The minimum atomic E-state index is -0.237. The summed E-state index contributed by atoms with van der Waals surface area (Å²) in [7, 11) is 0.